The van der Waals surface area contributed by atoms with Crippen LogP contribution in [0.25, 0.3) is 0 Å². The molecule has 0 aliphatic carbocycles. The van der Waals surface area contributed by atoms with E-state index in [2.05, 4.69) is 35.4 Å². The van der Waals surface area contributed by atoms with Gasteiger partial charge in [-0.2, -0.15) is 4.37 Å². The molecule has 1 saturated heterocycles. The lowest BCUT2D eigenvalue weighted by Gasteiger charge is -2.19. The lowest BCUT2D eigenvalue weighted by atomic mass is 9.96. The Morgan fingerprint density at radius 1 is 1.19 bits per heavy atom. The zero-order chi connectivity index (χ0) is 18.9. The van der Waals surface area contributed by atoms with Crippen molar-refractivity contribution < 1.29 is 14.3 Å². The first-order valence-corrected chi connectivity index (χ1v) is 9.24. The molecule has 0 bridgehead atoms. The number of ether oxygens (including phenoxy) is 2. The molecule has 1 amide bonds. The number of hydrogen-bond donors (Lipinski definition) is 1. The van der Waals surface area contributed by atoms with Crippen molar-refractivity contribution in [2.45, 2.75) is 38.6 Å². The van der Waals surface area contributed by atoms with Crippen LogP contribution in [-0.2, 0) is 10.2 Å². The third kappa shape index (κ3) is 3.75. The Labute approximate surface area is 157 Å². The molecule has 2 heterocycles. The largest absolute Gasteiger partial charge is 0.497 e. The summed E-state index contributed by atoms with van der Waals surface area (Å²) in [5, 5.41) is 3.91. The average Bonchev–Trinajstić information content (AvgIpc) is 3.22. The first kappa shape index (κ1) is 18.4. The first-order valence-electron chi connectivity index (χ1n) is 8.47. The molecular formula is C18H24N4O3S. The Hall–Kier alpha value is -2.35. The number of carbonyl (C=O) groups excluding carboxylic acids is 1. The molecule has 1 N–H and O–H groups in total. The van der Waals surface area contributed by atoms with Crippen LogP contribution in [0.4, 0.5) is 10.8 Å². The molecule has 26 heavy (non-hydrogen) atoms. The topological polar surface area (TPSA) is 76.6 Å². The van der Waals surface area contributed by atoms with Crippen molar-refractivity contribution in [2.24, 2.45) is 0 Å². The summed E-state index contributed by atoms with van der Waals surface area (Å²) in [6, 6.07) is 5.15. The maximum Gasteiger partial charge on any atom is 0.249 e. The van der Waals surface area contributed by atoms with Gasteiger partial charge in [-0.3, -0.25) is 4.79 Å². The van der Waals surface area contributed by atoms with Crippen LogP contribution in [-0.4, -0.2) is 42.1 Å². The third-order valence-electron chi connectivity index (χ3n) is 4.25. The summed E-state index contributed by atoms with van der Waals surface area (Å²) in [5.41, 5.74) is 0.655. The van der Waals surface area contributed by atoms with E-state index in [-0.39, 0.29) is 17.4 Å². The molecule has 1 unspecified atom stereocenters. The van der Waals surface area contributed by atoms with Gasteiger partial charge in [-0.05, 0) is 6.42 Å². The fourth-order valence-corrected chi connectivity index (χ4v) is 3.56. The Morgan fingerprint density at radius 2 is 1.85 bits per heavy atom. The molecule has 1 aliphatic heterocycles. The minimum Gasteiger partial charge on any atom is -0.497 e. The number of nitrogens with zero attached hydrogens (tertiary/aromatic N) is 3. The zero-order valence-corrected chi connectivity index (χ0v) is 16.5. The highest BCUT2D eigenvalue weighted by Gasteiger charge is 2.34. The molecule has 8 heteroatoms. The van der Waals surface area contributed by atoms with Gasteiger partial charge in [-0.1, -0.05) is 20.8 Å². The number of hydrogen-bond acceptors (Lipinski definition) is 7. The van der Waals surface area contributed by atoms with Crippen LogP contribution in [0.2, 0.25) is 0 Å². The minimum absolute atomic E-state index is 0.00724. The highest BCUT2D eigenvalue weighted by atomic mass is 32.1. The van der Waals surface area contributed by atoms with Gasteiger partial charge < -0.3 is 19.7 Å². The number of rotatable bonds is 5. The van der Waals surface area contributed by atoms with Crippen molar-refractivity contribution in [3.63, 3.8) is 0 Å². The summed E-state index contributed by atoms with van der Waals surface area (Å²) in [6.45, 7) is 6.82. The van der Waals surface area contributed by atoms with E-state index in [1.807, 2.05) is 12.1 Å². The van der Waals surface area contributed by atoms with E-state index in [1.165, 1.54) is 11.5 Å². The van der Waals surface area contributed by atoms with Crippen molar-refractivity contribution in [1.82, 2.24) is 9.36 Å². The number of methoxy groups -OCH3 is 2. The molecule has 0 saturated carbocycles. The molecule has 3 rings (SSSR count). The van der Waals surface area contributed by atoms with Gasteiger partial charge in [0.25, 0.3) is 0 Å². The molecule has 0 spiro atoms. The van der Waals surface area contributed by atoms with Crippen molar-refractivity contribution in [3.8, 4) is 11.5 Å². The molecule has 140 valence electrons. The molecule has 1 atom stereocenters. The lowest BCUT2D eigenvalue weighted by molar-refractivity contribution is -0.117. The third-order valence-corrected chi connectivity index (χ3v) is 4.89. The van der Waals surface area contributed by atoms with Crippen LogP contribution in [0.1, 0.15) is 33.0 Å². The summed E-state index contributed by atoms with van der Waals surface area (Å²) < 4.78 is 15.0. The van der Waals surface area contributed by atoms with Gasteiger partial charge in [-0.15, -0.1) is 0 Å². The van der Waals surface area contributed by atoms with E-state index in [9.17, 15) is 4.79 Å². The van der Waals surface area contributed by atoms with Gasteiger partial charge in [0.15, 0.2) is 0 Å². The summed E-state index contributed by atoms with van der Waals surface area (Å²) in [6.07, 6.45) is 0.697. The van der Waals surface area contributed by atoms with Crippen LogP contribution in [0.3, 0.4) is 0 Å². The fraction of sp³-hybridized carbons (Fsp3) is 0.500. The van der Waals surface area contributed by atoms with Gasteiger partial charge >= 0.3 is 0 Å². The summed E-state index contributed by atoms with van der Waals surface area (Å²) in [7, 11) is 3.19. The van der Waals surface area contributed by atoms with Crippen LogP contribution in [0.5, 0.6) is 11.5 Å². The second kappa shape index (κ2) is 7.11. The second-order valence-electron chi connectivity index (χ2n) is 7.22. The molecule has 1 aromatic carbocycles. The van der Waals surface area contributed by atoms with Crippen molar-refractivity contribution in [3.05, 3.63) is 24.0 Å². The Balaban J connectivity index is 1.75. The van der Waals surface area contributed by atoms with Crippen LogP contribution < -0.4 is 19.7 Å². The maximum absolute atomic E-state index is 12.9. The standard InChI is InChI=1S/C18H24N4O3S/c1-18(2,3)16-20-17(26-21-16)19-14-6-7-22(15(14)23)11-8-12(24-4)10-13(9-11)25-5/h8-10,14H,6-7H2,1-5H3,(H,19,20,21). The number of carbonyl (C=O) groups is 1. The molecule has 1 fully saturated rings. The SMILES string of the molecule is COc1cc(OC)cc(N2CCC(Nc3nc(C(C)(C)C)ns3)C2=O)c1. The van der Waals surface area contributed by atoms with Gasteiger partial charge in [0, 0.05) is 41.7 Å². The number of nitrogens with one attached hydrogen (secondary N) is 1. The summed E-state index contributed by atoms with van der Waals surface area (Å²) in [5.74, 6) is 2.10. The van der Waals surface area contributed by atoms with Gasteiger partial charge in [0.2, 0.25) is 11.0 Å². The minimum atomic E-state index is -0.312. The fourth-order valence-electron chi connectivity index (χ4n) is 2.75. The first-order chi connectivity index (χ1) is 12.3. The van der Waals surface area contributed by atoms with Crippen LogP contribution in [0.15, 0.2) is 18.2 Å². The highest BCUT2D eigenvalue weighted by Crippen LogP contribution is 2.32. The number of anilines is 2. The smallest absolute Gasteiger partial charge is 0.249 e. The van der Waals surface area contributed by atoms with Crippen LogP contribution >= 0.6 is 11.5 Å². The zero-order valence-electron chi connectivity index (χ0n) is 15.7. The summed E-state index contributed by atoms with van der Waals surface area (Å²) in [4.78, 5) is 19.1. The molecule has 0 radical (unpaired) electrons. The van der Waals surface area contributed by atoms with E-state index in [0.29, 0.717) is 29.6 Å². The van der Waals surface area contributed by atoms with Crippen LogP contribution in [0, 0.1) is 0 Å². The van der Waals surface area contributed by atoms with E-state index in [1.54, 1.807) is 25.2 Å². The number of aromatic nitrogens is 2. The predicted octanol–water partition coefficient (Wildman–Crippen LogP) is 3.07. The predicted molar refractivity (Wildman–Crippen MR) is 103 cm³/mol. The van der Waals surface area contributed by atoms with Gasteiger partial charge in [-0.25, -0.2) is 4.98 Å². The Kier molecular flexibility index (Phi) is 5.04. The quantitative estimate of drug-likeness (QED) is 0.864. The highest BCUT2D eigenvalue weighted by molar-refractivity contribution is 7.09. The average molecular weight is 376 g/mol. The van der Waals surface area contributed by atoms with E-state index in [4.69, 9.17) is 9.47 Å². The molecule has 7 nitrogen and oxygen atoms in total. The lowest BCUT2D eigenvalue weighted by Crippen LogP contribution is -2.33. The molecule has 2 aromatic rings. The van der Waals surface area contributed by atoms with Crippen molar-refractivity contribution in [1.29, 1.82) is 0 Å². The van der Waals surface area contributed by atoms with E-state index < -0.39 is 0 Å². The van der Waals surface area contributed by atoms with Crippen molar-refractivity contribution >= 4 is 28.3 Å². The normalized spacial score (nSPS) is 17.5. The van der Waals surface area contributed by atoms with Gasteiger partial charge in [0.1, 0.15) is 23.4 Å². The number of benzene rings is 1. The molecule has 1 aliphatic rings. The van der Waals surface area contributed by atoms with Crippen molar-refractivity contribution in [2.75, 3.05) is 31.0 Å². The maximum atomic E-state index is 12.9. The molecular weight excluding hydrogens is 352 g/mol. The monoisotopic (exact) mass is 376 g/mol. The summed E-state index contributed by atoms with van der Waals surface area (Å²) >= 11 is 1.29. The van der Waals surface area contributed by atoms with Gasteiger partial charge in [0.05, 0.1) is 19.9 Å². The van der Waals surface area contributed by atoms with E-state index >= 15 is 0 Å². The molecule has 1 aromatic heterocycles. The Morgan fingerprint density at radius 3 is 2.38 bits per heavy atom. The number of amides is 1. The van der Waals surface area contributed by atoms with E-state index in [0.717, 1.165) is 11.5 Å². The Bertz CT molecular complexity index is 778. The second-order valence-corrected chi connectivity index (χ2v) is 7.97.